The van der Waals surface area contributed by atoms with Gasteiger partial charge in [0.2, 0.25) is 0 Å². The third-order valence-electron chi connectivity index (χ3n) is 4.08. The predicted octanol–water partition coefficient (Wildman–Crippen LogP) is 4.53. The summed E-state index contributed by atoms with van der Waals surface area (Å²) in [5.74, 6) is -16.6. The van der Waals surface area contributed by atoms with E-state index in [4.69, 9.17) is 4.74 Å². The molecule has 0 aliphatic rings. The standard InChI is InChI=1S/C19H22F7NO3/c1-12(2)7-6-10-30-15(28)14(11-13-8-4-3-5-9-13)27-16(29)17(20,21)18(22,23)19(24,25)26/h3-5,8-9,12,14H,6-7,10-11H2,1-2H3,(H,27,29). The van der Waals surface area contributed by atoms with Gasteiger partial charge in [0.1, 0.15) is 6.04 Å². The molecule has 0 heterocycles. The molecule has 0 bridgehead atoms. The van der Waals surface area contributed by atoms with Gasteiger partial charge in [-0.1, -0.05) is 44.2 Å². The Balaban J connectivity index is 2.98. The molecule has 1 unspecified atom stereocenters. The van der Waals surface area contributed by atoms with Crippen molar-refractivity contribution in [1.82, 2.24) is 5.32 Å². The SMILES string of the molecule is CC(C)CCCOC(=O)C(Cc1ccccc1)NC(=O)C(F)(F)C(F)(F)C(F)(F)F. The first-order valence-corrected chi connectivity index (χ1v) is 9.04. The molecule has 0 fully saturated rings. The van der Waals surface area contributed by atoms with Crippen molar-refractivity contribution in [2.24, 2.45) is 5.92 Å². The van der Waals surface area contributed by atoms with Crippen LogP contribution in [0, 0.1) is 5.92 Å². The first kappa shape index (κ1) is 25.7. The van der Waals surface area contributed by atoms with E-state index in [2.05, 4.69) is 0 Å². The van der Waals surface area contributed by atoms with Crippen LogP contribution in [0.5, 0.6) is 0 Å². The van der Waals surface area contributed by atoms with Crippen LogP contribution in [0.2, 0.25) is 0 Å². The topological polar surface area (TPSA) is 55.4 Å². The van der Waals surface area contributed by atoms with Gasteiger partial charge in [-0.15, -0.1) is 0 Å². The highest BCUT2D eigenvalue weighted by Crippen LogP contribution is 2.46. The third kappa shape index (κ3) is 6.60. The average molecular weight is 445 g/mol. The lowest BCUT2D eigenvalue weighted by molar-refractivity contribution is -0.344. The van der Waals surface area contributed by atoms with Crippen LogP contribution in [0.1, 0.15) is 32.3 Å². The van der Waals surface area contributed by atoms with E-state index in [-0.39, 0.29) is 12.5 Å². The van der Waals surface area contributed by atoms with Crippen LogP contribution in [0.4, 0.5) is 30.7 Å². The zero-order chi connectivity index (χ0) is 23.2. The van der Waals surface area contributed by atoms with Crippen molar-refractivity contribution in [3.63, 3.8) is 0 Å². The Hall–Kier alpha value is -2.33. The summed E-state index contributed by atoms with van der Waals surface area (Å²) in [6.07, 6.45) is -6.03. The molecule has 0 aliphatic heterocycles. The van der Waals surface area contributed by atoms with Crippen molar-refractivity contribution in [2.45, 2.75) is 57.2 Å². The molecule has 1 aromatic carbocycles. The molecule has 30 heavy (non-hydrogen) atoms. The lowest BCUT2D eigenvalue weighted by atomic mass is 10.0. The Kier molecular flexibility index (Phi) is 8.67. The molecule has 0 spiro atoms. The molecular formula is C19H22F7NO3. The Morgan fingerprint density at radius 2 is 1.57 bits per heavy atom. The van der Waals surface area contributed by atoms with Gasteiger partial charge in [0.25, 0.3) is 5.91 Å². The fourth-order valence-corrected chi connectivity index (χ4v) is 2.38. The van der Waals surface area contributed by atoms with Gasteiger partial charge in [-0.3, -0.25) is 4.79 Å². The van der Waals surface area contributed by atoms with E-state index < -0.39 is 42.4 Å². The molecule has 0 saturated heterocycles. The van der Waals surface area contributed by atoms with E-state index in [0.29, 0.717) is 18.4 Å². The number of hydrogen-bond acceptors (Lipinski definition) is 3. The van der Waals surface area contributed by atoms with Crippen molar-refractivity contribution in [3.05, 3.63) is 35.9 Å². The quantitative estimate of drug-likeness (QED) is 0.327. The number of alkyl halides is 7. The zero-order valence-corrected chi connectivity index (χ0v) is 16.2. The molecule has 1 rings (SSSR count). The highest BCUT2D eigenvalue weighted by atomic mass is 19.4. The first-order valence-electron chi connectivity index (χ1n) is 9.04. The molecule has 0 saturated carbocycles. The van der Waals surface area contributed by atoms with E-state index in [1.54, 1.807) is 6.07 Å². The van der Waals surface area contributed by atoms with Crippen LogP contribution in [-0.2, 0) is 20.7 Å². The number of halogens is 7. The van der Waals surface area contributed by atoms with E-state index in [1.807, 2.05) is 13.8 Å². The van der Waals surface area contributed by atoms with Gasteiger partial charge in [-0.2, -0.15) is 30.7 Å². The van der Waals surface area contributed by atoms with Gasteiger partial charge in [-0.05, 0) is 24.3 Å². The summed E-state index contributed by atoms with van der Waals surface area (Å²) >= 11 is 0. The molecule has 4 nitrogen and oxygen atoms in total. The van der Waals surface area contributed by atoms with Crippen molar-refractivity contribution in [2.75, 3.05) is 6.61 Å². The Labute approximate surface area is 168 Å². The second kappa shape index (κ2) is 10.1. The lowest BCUT2D eigenvalue weighted by Crippen LogP contribution is -2.61. The Morgan fingerprint density at radius 3 is 2.07 bits per heavy atom. The number of rotatable bonds is 10. The van der Waals surface area contributed by atoms with Gasteiger partial charge < -0.3 is 10.1 Å². The predicted molar refractivity (Wildman–Crippen MR) is 93.1 cm³/mol. The number of benzene rings is 1. The Morgan fingerprint density at radius 1 is 1.00 bits per heavy atom. The minimum Gasteiger partial charge on any atom is -0.464 e. The largest absolute Gasteiger partial charge is 0.464 e. The molecule has 0 aromatic heterocycles. The minimum absolute atomic E-state index is 0.132. The fourth-order valence-electron chi connectivity index (χ4n) is 2.38. The van der Waals surface area contributed by atoms with Crippen LogP contribution < -0.4 is 5.32 Å². The summed E-state index contributed by atoms with van der Waals surface area (Å²) in [7, 11) is 0. The molecule has 0 aliphatic carbocycles. The van der Waals surface area contributed by atoms with Gasteiger partial charge in [0.05, 0.1) is 6.61 Å². The number of carbonyl (C=O) groups excluding carboxylic acids is 2. The maximum atomic E-state index is 13.6. The molecule has 11 heteroatoms. The number of carbonyl (C=O) groups is 2. The summed E-state index contributed by atoms with van der Waals surface area (Å²) in [4.78, 5) is 23.8. The van der Waals surface area contributed by atoms with Crippen LogP contribution in [0.3, 0.4) is 0 Å². The number of ether oxygens (including phenoxy) is 1. The van der Waals surface area contributed by atoms with Crippen LogP contribution in [-0.4, -0.2) is 42.5 Å². The molecule has 1 amide bonds. The maximum absolute atomic E-state index is 13.6. The first-order chi connectivity index (χ1) is 13.7. The second-order valence-corrected chi connectivity index (χ2v) is 7.07. The normalized spacial score (nSPS) is 13.8. The highest BCUT2D eigenvalue weighted by Gasteiger charge is 2.76. The summed E-state index contributed by atoms with van der Waals surface area (Å²) in [6.45, 7) is 3.68. The van der Waals surface area contributed by atoms with E-state index in [0.717, 1.165) is 0 Å². The van der Waals surface area contributed by atoms with Gasteiger partial charge in [0, 0.05) is 6.42 Å². The minimum atomic E-state index is -6.67. The van der Waals surface area contributed by atoms with Crippen LogP contribution >= 0.6 is 0 Å². The van der Waals surface area contributed by atoms with Gasteiger partial charge in [-0.25, -0.2) is 4.79 Å². The fraction of sp³-hybridized carbons (Fsp3) is 0.579. The smallest absolute Gasteiger partial charge is 0.460 e. The molecule has 1 N–H and O–H groups in total. The van der Waals surface area contributed by atoms with Crippen molar-refractivity contribution in [1.29, 1.82) is 0 Å². The molecule has 1 atom stereocenters. The molecule has 0 radical (unpaired) electrons. The molecular weight excluding hydrogens is 423 g/mol. The molecule has 170 valence electrons. The van der Waals surface area contributed by atoms with Crippen LogP contribution in [0.25, 0.3) is 0 Å². The Bertz CT molecular complexity index is 706. The highest BCUT2D eigenvalue weighted by molar-refractivity contribution is 5.89. The van der Waals surface area contributed by atoms with Crippen molar-refractivity contribution < 1.29 is 45.1 Å². The second-order valence-electron chi connectivity index (χ2n) is 7.07. The lowest BCUT2D eigenvalue weighted by Gasteiger charge is -2.28. The summed E-state index contributed by atoms with van der Waals surface area (Å²) in [5, 5.41) is 1.29. The molecule has 1 aromatic rings. The average Bonchev–Trinajstić information content (AvgIpc) is 2.64. The van der Waals surface area contributed by atoms with Gasteiger partial charge in [0.15, 0.2) is 0 Å². The summed E-state index contributed by atoms with van der Waals surface area (Å²) in [5.41, 5.74) is 0.341. The van der Waals surface area contributed by atoms with E-state index in [1.165, 1.54) is 29.6 Å². The van der Waals surface area contributed by atoms with Crippen molar-refractivity contribution in [3.8, 4) is 0 Å². The summed E-state index contributed by atoms with van der Waals surface area (Å²) in [6, 6.07) is 5.66. The van der Waals surface area contributed by atoms with Gasteiger partial charge >= 0.3 is 24.0 Å². The van der Waals surface area contributed by atoms with Crippen LogP contribution in [0.15, 0.2) is 30.3 Å². The summed E-state index contributed by atoms with van der Waals surface area (Å²) < 4.78 is 95.2. The zero-order valence-electron chi connectivity index (χ0n) is 16.2. The third-order valence-corrected chi connectivity index (χ3v) is 4.08. The van der Waals surface area contributed by atoms with Crippen molar-refractivity contribution >= 4 is 11.9 Å². The van der Waals surface area contributed by atoms with E-state index in [9.17, 15) is 40.3 Å². The number of hydrogen-bond donors (Lipinski definition) is 1. The number of amides is 1. The monoisotopic (exact) mass is 445 g/mol. The van der Waals surface area contributed by atoms with E-state index >= 15 is 0 Å². The number of nitrogens with one attached hydrogen (secondary N) is 1. The maximum Gasteiger partial charge on any atom is 0.460 e. The number of esters is 1.